The number of halogens is 1. The quantitative estimate of drug-likeness (QED) is 0.882. The molecule has 0 aromatic carbocycles. The molecule has 2 heterocycles. The Labute approximate surface area is 110 Å². The van der Waals surface area contributed by atoms with Crippen LogP contribution in [0.4, 0.5) is 5.82 Å². The van der Waals surface area contributed by atoms with Crippen molar-refractivity contribution in [2.45, 2.75) is 38.1 Å². The van der Waals surface area contributed by atoms with E-state index in [1.54, 1.807) is 6.20 Å². The molecule has 4 nitrogen and oxygen atoms in total. The zero-order chi connectivity index (χ0) is 12.4. The van der Waals surface area contributed by atoms with Crippen LogP contribution in [0.3, 0.4) is 0 Å². The Kier molecular flexibility index (Phi) is 3.66. The molecule has 17 heavy (non-hydrogen) atoms. The third-order valence-corrected chi connectivity index (χ3v) is 2.95. The molecular weight excluding hydrogens is 280 g/mol. The van der Waals surface area contributed by atoms with Crippen molar-refractivity contribution in [2.24, 2.45) is 0 Å². The van der Waals surface area contributed by atoms with Crippen molar-refractivity contribution in [3.8, 4) is 0 Å². The van der Waals surface area contributed by atoms with E-state index in [9.17, 15) is 0 Å². The Hall–Kier alpha value is -1.10. The Bertz CT molecular complexity index is 506. The number of rotatable bonds is 4. The Morgan fingerprint density at radius 3 is 2.94 bits per heavy atom. The summed E-state index contributed by atoms with van der Waals surface area (Å²) in [6.45, 7) is 6.29. The number of nitrogens with zero attached hydrogens (tertiary/aromatic N) is 3. The number of aryl methyl sites for hydroxylation is 1. The highest BCUT2D eigenvalue weighted by molar-refractivity contribution is 9.09. The van der Waals surface area contributed by atoms with Crippen LogP contribution < -0.4 is 5.32 Å². The van der Waals surface area contributed by atoms with Crippen molar-refractivity contribution in [3.63, 3.8) is 0 Å². The van der Waals surface area contributed by atoms with Crippen LogP contribution in [0.1, 0.15) is 26.0 Å². The molecule has 5 heteroatoms. The summed E-state index contributed by atoms with van der Waals surface area (Å²) in [5, 5.41) is 7.80. The average molecular weight is 297 g/mol. The number of nitrogens with one attached hydrogen (secondary N) is 1. The summed E-state index contributed by atoms with van der Waals surface area (Å²) in [4.78, 5) is 4.88. The monoisotopic (exact) mass is 296 g/mol. The summed E-state index contributed by atoms with van der Waals surface area (Å²) >= 11 is 3.56. The number of alkyl halides is 1. The maximum absolute atomic E-state index is 4.38. The van der Waals surface area contributed by atoms with Crippen molar-refractivity contribution in [3.05, 3.63) is 24.2 Å². The molecule has 0 saturated carbocycles. The van der Waals surface area contributed by atoms with E-state index in [0.29, 0.717) is 10.9 Å². The molecule has 0 saturated heterocycles. The summed E-state index contributed by atoms with van der Waals surface area (Å²) in [7, 11) is 0. The molecule has 0 fully saturated rings. The van der Waals surface area contributed by atoms with E-state index in [-0.39, 0.29) is 0 Å². The van der Waals surface area contributed by atoms with E-state index in [1.165, 1.54) is 0 Å². The maximum Gasteiger partial charge on any atom is 0.152 e. The van der Waals surface area contributed by atoms with Gasteiger partial charge in [-0.2, -0.15) is 5.10 Å². The molecule has 1 N–H and O–H groups in total. The predicted molar refractivity (Wildman–Crippen MR) is 73.8 cm³/mol. The molecule has 0 radical (unpaired) electrons. The van der Waals surface area contributed by atoms with Crippen molar-refractivity contribution < 1.29 is 0 Å². The number of hydrogen-bond acceptors (Lipinski definition) is 3. The highest BCUT2D eigenvalue weighted by Crippen LogP contribution is 2.17. The third kappa shape index (κ3) is 2.97. The second kappa shape index (κ2) is 5.04. The van der Waals surface area contributed by atoms with Gasteiger partial charge in [-0.1, -0.05) is 22.9 Å². The van der Waals surface area contributed by atoms with E-state index in [2.05, 4.69) is 45.2 Å². The number of aromatic nitrogens is 3. The molecule has 2 aromatic rings. The molecule has 0 amide bonds. The van der Waals surface area contributed by atoms with Crippen LogP contribution in [0.25, 0.3) is 5.52 Å². The van der Waals surface area contributed by atoms with Gasteiger partial charge >= 0.3 is 0 Å². The first kappa shape index (κ1) is 12.4. The lowest BCUT2D eigenvalue weighted by atomic mass is 10.2. The minimum atomic E-state index is 0.373. The van der Waals surface area contributed by atoms with E-state index in [0.717, 1.165) is 23.4 Å². The Morgan fingerprint density at radius 2 is 2.24 bits per heavy atom. The first-order chi connectivity index (χ1) is 8.06. The van der Waals surface area contributed by atoms with Crippen molar-refractivity contribution in [1.82, 2.24) is 14.6 Å². The van der Waals surface area contributed by atoms with Gasteiger partial charge in [0.15, 0.2) is 5.82 Å². The summed E-state index contributed by atoms with van der Waals surface area (Å²) in [5.74, 6) is 0.897. The average Bonchev–Trinajstić information content (AvgIpc) is 2.58. The lowest BCUT2D eigenvalue weighted by Gasteiger charge is -2.16. The van der Waals surface area contributed by atoms with Crippen LogP contribution in [0.5, 0.6) is 0 Å². The third-order valence-electron chi connectivity index (χ3n) is 2.57. The van der Waals surface area contributed by atoms with E-state index >= 15 is 0 Å². The minimum absolute atomic E-state index is 0.373. The van der Waals surface area contributed by atoms with E-state index < -0.39 is 0 Å². The van der Waals surface area contributed by atoms with Crippen LogP contribution >= 0.6 is 15.9 Å². The maximum atomic E-state index is 4.38. The molecule has 0 bridgehead atoms. The Balaban J connectivity index is 2.23. The van der Waals surface area contributed by atoms with Gasteiger partial charge in [0, 0.05) is 23.3 Å². The molecule has 2 unspecified atom stereocenters. The highest BCUT2D eigenvalue weighted by atomic mass is 79.9. The summed E-state index contributed by atoms with van der Waals surface area (Å²) in [6.07, 6.45) is 4.69. The zero-order valence-corrected chi connectivity index (χ0v) is 11.9. The fourth-order valence-electron chi connectivity index (χ4n) is 1.94. The van der Waals surface area contributed by atoms with Crippen LogP contribution in [0, 0.1) is 6.92 Å². The topological polar surface area (TPSA) is 42.2 Å². The van der Waals surface area contributed by atoms with Gasteiger partial charge in [-0.15, -0.1) is 0 Å². The van der Waals surface area contributed by atoms with Crippen molar-refractivity contribution >= 4 is 27.3 Å². The molecule has 2 aromatic heterocycles. The largest absolute Gasteiger partial charge is 0.366 e. The first-order valence-electron chi connectivity index (χ1n) is 5.78. The van der Waals surface area contributed by atoms with Gasteiger partial charge in [0.25, 0.3) is 0 Å². The van der Waals surface area contributed by atoms with E-state index in [4.69, 9.17) is 0 Å². The standard InChI is InChI=1S/C12H17BrN4/c1-8(13)6-9(2)15-12-11-7-10(3)16-17(11)5-4-14-12/h4-5,7-9H,6H2,1-3H3,(H,14,15). The molecule has 2 atom stereocenters. The number of hydrogen-bond donors (Lipinski definition) is 1. The van der Waals surface area contributed by atoms with E-state index in [1.807, 2.05) is 23.7 Å². The highest BCUT2D eigenvalue weighted by Gasteiger charge is 2.10. The van der Waals surface area contributed by atoms with Gasteiger partial charge in [0.2, 0.25) is 0 Å². The SMILES string of the molecule is Cc1cc2c(NC(C)CC(C)Br)nccn2n1. The minimum Gasteiger partial charge on any atom is -0.366 e. The van der Waals surface area contributed by atoms with Crippen LogP contribution in [-0.2, 0) is 0 Å². The molecular formula is C12H17BrN4. The van der Waals surface area contributed by atoms with Crippen LogP contribution in [-0.4, -0.2) is 25.5 Å². The summed E-state index contributed by atoms with van der Waals surface area (Å²) in [6, 6.07) is 2.41. The summed E-state index contributed by atoms with van der Waals surface area (Å²) < 4.78 is 1.86. The van der Waals surface area contributed by atoms with Gasteiger partial charge in [0.1, 0.15) is 5.52 Å². The van der Waals surface area contributed by atoms with Gasteiger partial charge < -0.3 is 5.32 Å². The van der Waals surface area contributed by atoms with Gasteiger partial charge in [-0.25, -0.2) is 9.50 Å². The van der Waals surface area contributed by atoms with Gasteiger partial charge in [-0.3, -0.25) is 0 Å². The summed E-state index contributed by atoms with van der Waals surface area (Å²) in [5.41, 5.74) is 2.03. The second-order valence-electron chi connectivity index (χ2n) is 4.45. The Morgan fingerprint density at radius 1 is 1.47 bits per heavy atom. The smallest absolute Gasteiger partial charge is 0.152 e. The van der Waals surface area contributed by atoms with Gasteiger partial charge in [-0.05, 0) is 26.3 Å². The normalized spacial score (nSPS) is 14.8. The lowest BCUT2D eigenvalue weighted by Crippen LogP contribution is -2.19. The fourth-order valence-corrected chi connectivity index (χ4v) is 2.50. The number of anilines is 1. The number of fused-ring (bicyclic) bond motifs is 1. The molecule has 0 aliphatic rings. The van der Waals surface area contributed by atoms with Crippen molar-refractivity contribution in [1.29, 1.82) is 0 Å². The van der Waals surface area contributed by atoms with Crippen LogP contribution in [0.15, 0.2) is 18.5 Å². The fraction of sp³-hybridized carbons (Fsp3) is 0.500. The van der Waals surface area contributed by atoms with Crippen LogP contribution in [0.2, 0.25) is 0 Å². The second-order valence-corrected chi connectivity index (χ2v) is 6.02. The van der Waals surface area contributed by atoms with Crippen molar-refractivity contribution in [2.75, 3.05) is 5.32 Å². The van der Waals surface area contributed by atoms with Gasteiger partial charge in [0.05, 0.1) is 5.69 Å². The molecule has 0 aliphatic carbocycles. The molecule has 0 spiro atoms. The molecule has 92 valence electrons. The zero-order valence-electron chi connectivity index (χ0n) is 10.3. The first-order valence-corrected chi connectivity index (χ1v) is 6.69. The lowest BCUT2D eigenvalue weighted by molar-refractivity contribution is 0.705. The molecule has 0 aliphatic heterocycles. The predicted octanol–water partition coefficient (Wildman–Crippen LogP) is 3.01. The molecule has 2 rings (SSSR count).